The summed E-state index contributed by atoms with van der Waals surface area (Å²) in [6.07, 6.45) is 1.07. The number of phenols is 1. The van der Waals surface area contributed by atoms with Gasteiger partial charge in [0.1, 0.15) is 11.5 Å². The van der Waals surface area contributed by atoms with E-state index in [0.29, 0.717) is 11.1 Å². The normalized spacial score (nSPS) is 11.6. The fraction of sp³-hybridized carbons (Fsp3) is 0. The Kier molecular flexibility index (Phi) is 5.26. The zero-order valence-corrected chi connectivity index (χ0v) is 12.9. The Morgan fingerprint density at radius 2 is 1.86 bits per heavy atom. The molecule has 0 saturated carbocycles. The molecular weight excluding hydrogens is 350 g/mol. The van der Waals surface area contributed by atoms with Crippen LogP contribution >= 0.6 is 15.9 Å². The van der Waals surface area contributed by atoms with Crippen molar-refractivity contribution in [2.75, 3.05) is 0 Å². The number of carbonyl (C=O) groups is 1. The number of hydrogen-bond donors (Lipinski definition) is 3. The van der Waals surface area contributed by atoms with Gasteiger partial charge in [0.05, 0.1) is 6.21 Å². The highest BCUT2D eigenvalue weighted by atomic mass is 79.9. The van der Waals surface area contributed by atoms with Crippen molar-refractivity contribution >= 4 is 33.8 Å². The number of hydrogen-bond acceptors (Lipinski definition) is 5. The van der Waals surface area contributed by atoms with Crippen LogP contribution in [0.1, 0.15) is 15.9 Å². The van der Waals surface area contributed by atoms with Crippen LogP contribution in [-0.2, 0) is 0 Å². The van der Waals surface area contributed by atoms with Crippen LogP contribution < -0.4 is 5.43 Å². The smallest absolute Gasteiger partial charge is 0.271 e. The molecule has 0 atom stereocenters. The van der Waals surface area contributed by atoms with E-state index in [4.69, 9.17) is 5.21 Å². The third-order valence-electron chi connectivity index (χ3n) is 2.69. The van der Waals surface area contributed by atoms with E-state index in [1.165, 1.54) is 12.1 Å². The van der Waals surface area contributed by atoms with Crippen molar-refractivity contribution in [1.82, 2.24) is 5.43 Å². The number of carbonyl (C=O) groups excluding carboxylic acids is 1. The molecule has 0 radical (unpaired) electrons. The first-order chi connectivity index (χ1) is 10.6. The molecule has 0 aliphatic carbocycles. The molecule has 0 aliphatic rings. The molecule has 0 aliphatic heterocycles. The Balaban J connectivity index is 2.22. The van der Waals surface area contributed by atoms with Crippen molar-refractivity contribution in [3.63, 3.8) is 0 Å². The number of nitrogens with zero attached hydrogens (tertiary/aromatic N) is 2. The van der Waals surface area contributed by atoms with Crippen LogP contribution in [0.15, 0.2) is 63.3 Å². The maximum Gasteiger partial charge on any atom is 0.271 e. The number of hydrazone groups is 1. The van der Waals surface area contributed by atoms with Crippen LogP contribution in [0.2, 0.25) is 0 Å². The van der Waals surface area contributed by atoms with Crippen molar-refractivity contribution in [2.45, 2.75) is 0 Å². The average molecular weight is 362 g/mol. The summed E-state index contributed by atoms with van der Waals surface area (Å²) in [6.45, 7) is 0. The Labute approximate surface area is 134 Å². The number of halogens is 1. The van der Waals surface area contributed by atoms with Gasteiger partial charge in [-0.1, -0.05) is 39.3 Å². The van der Waals surface area contributed by atoms with Crippen LogP contribution in [0.4, 0.5) is 0 Å². The van der Waals surface area contributed by atoms with E-state index < -0.39 is 5.91 Å². The highest BCUT2D eigenvalue weighted by molar-refractivity contribution is 9.10. The number of oxime groups is 1. The monoisotopic (exact) mass is 361 g/mol. The second kappa shape index (κ2) is 7.37. The maximum absolute atomic E-state index is 12.0. The van der Waals surface area contributed by atoms with Crippen LogP contribution in [0.25, 0.3) is 0 Å². The lowest BCUT2D eigenvalue weighted by Crippen LogP contribution is -2.20. The zero-order valence-electron chi connectivity index (χ0n) is 11.3. The Morgan fingerprint density at radius 1 is 1.14 bits per heavy atom. The Bertz CT molecular complexity index is 744. The van der Waals surface area contributed by atoms with Gasteiger partial charge in [0.15, 0.2) is 0 Å². The second-order valence-corrected chi connectivity index (χ2v) is 5.16. The van der Waals surface area contributed by atoms with E-state index in [1.54, 1.807) is 36.4 Å². The van der Waals surface area contributed by atoms with Gasteiger partial charge in [0.25, 0.3) is 5.91 Å². The summed E-state index contributed by atoms with van der Waals surface area (Å²) in [5, 5.41) is 25.0. The van der Waals surface area contributed by atoms with E-state index in [-0.39, 0.29) is 11.5 Å². The molecule has 2 aromatic rings. The molecule has 0 unspecified atom stereocenters. The standard InChI is InChI=1S/C15H12BrN3O3/c16-12-5-1-4-11(7-12)15(21)19-18-14(9-17-22)10-3-2-6-13(20)8-10/h1-9,20,22H,(H,19,21)/b17-9+,18-14+. The summed E-state index contributed by atoms with van der Waals surface area (Å²) in [4.78, 5) is 12.0. The molecule has 3 N–H and O–H groups in total. The number of phenolic OH excluding ortho intramolecular Hbond substituents is 1. The lowest BCUT2D eigenvalue weighted by Gasteiger charge is -2.04. The third-order valence-corrected chi connectivity index (χ3v) is 3.18. The lowest BCUT2D eigenvalue weighted by atomic mass is 10.1. The quantitative estimate of drug-likeness (QED) is 0.444. The molecule has 22 heavy (non-hydrogen) atoms. The van der Waals surface area contributed by atoms with Gasteiger partial charge < -0.3 is 10.3 Å². The minimum absolute atomic E-state index is 0.0369. The molecule has 1 amide bonds. The molecule has 2 rings (SSSR count). The summed E-state index contributed by atoms with van der Waals surface area (Å²) in [5.41, 5.74) is 3.49. The average Bonchev–Trinajstić information content (AvgIpc) is 2.51. The molecule has 0 aromatic heterocycles. The van der Waals surface area contributed by atoms with Gasteiger partial charge >= 0.3 is 0 Å². The van der Waals surface area contributed by atoms with E-state index in [2.05, 4.69) is 31.6 Å². The molecule has 0 saturated heterocycles. The first-order valence-electron chi connectivity index (χ1n) is 6.20. The minimum Gasteiger partial charge on any atom is -0.508 e. The molecule has 2 aromatic carbocycles. The van der Waals surface area contributed by atoms with E-state index in [0.717, 1.165) is 10.7 Å². The second-order valence-electron chi connectivity index (χ2n) is 4.24. The van der Waals surface area contributed by atoms with Crippen LogP contribution in [0, 0.1) is 0 Å². The lowest BCUT2D eigenvalue weighted by molar-refractivity contribution is 0.0955. The number of benzene rings is 2. The number of rotatable bonds is 4. The minimum atomic E-state index is -0.412. The van der Waals surface area contributed by atoms with Crippen LogP contribution in [-0.4, -0.2) is 28.1 Å². The van der Waals surface area contributed by atoms with E-state index in [9.17, 15) is 9.90 Å². The Hall–Kier alpha value is -2.67. The van der Waals surface area contributed by atoms with Crippen molar-refractivity contribution in [3.8, 4) is 5.75 Å². The highest BCUT2D eigenvalue weighted by Gasteiger charge is 2.07. The van der Waals surface area contributed by atoms with Crippen molar-refractivity contribution in [1.29, 1.82) is 0 Å². The fourth-order valence-electron chi connectivity index (χ4n) is 1.69. The fourth-order valence-corrected chi connectivity index (χ4v) is 2.09. The van der Waals surface area contributed by atoms with Gasteiger partial charge in [0, 0.05) is 15.6 Å². The number of aromatic hydroxyl groups is 1. The number of nitrogens with one attached hydrogen (secondary N) is 1. The third kappa shape index (κ3) is 4.16. The SMILES string of the molecule is O=C(N/N=C(\C=N\O)c1cccc(O)c1)c1cccc(Br)c1. The summed E-state index contributed by atoms with van der Waals surface area (Å²) < 4.78 is 0.772. The van der Waals surface area contributed by atoms with Gasteiger partial charge in [-0.2, -0.15) is 5.10 Å². The number of amides is 1. The van der Waals surface area contributed by atoms with Gasteiger partial charge in [0.2, 0.25) is 0 Å². The van der Waals surface area contributed by atoms with E-state index >= 15 is 0 Å². The summed E-state index contributed by atoms with van der Waals surface area (Å²) in [7, 11) is 0. The van der Waals surface area contributed by atoms with E-state index in [1.807, 2.05) is 0 Å². The Morgan fingerprint density at radius 3 is 2.55 bits per heavy atom. The van der Waals surface area contributed by atoms with Crippen molar-refractivity contribution < 1.29 is 15.1 Å². The predicted octanol–water partition coefficient (Wildman–Crippen LogP) is 2.75. The topological polar surface area (TPSA) is 94.3 Å². The predicted molar refractivity (Wildman–Crippen MR) is 86.5 cm³/mol. The first kappa shape index (κ1) is 15.7. The molecule has 0 bridgehead atoms. The molecule has 7 heteroatoms. The molecule has 0 spiro atoms. The van der Waals surface area contributed by atoms with Crippen molar-refractivity contribution in [2.24, 2.45) is 10.3 Å². The van der Waals surface area contributed by atoms with Gasteiger partial charge in [-0.15, -0.1) is 0 Å². The van der Waals surface area contributed by atoms with Crippen molar-refractivity contribution in [3.05, 3.63) is 64.1 Å². The molecular formula is C15H12BrN3O3. The highest BCUT2D eigenvalue weighted by Crippen LogP contribution is 2.12. The zero-order chi connectivity index (χ0) is 15.9. The molecule has 112 valence electrons. The summed E-state index contributed by atoms with van der Waals surface area (Å²) >= 11 is 3.28. The largest absolute Gasteiger partial charge is 0.508 e. The van der Waals surface area contributed by atoms with Gasteiger partial charge in [-0.3, -0.25) is 4.79 Å². The summed E-state index contributed by atoms with van der Waals surface area (Å²) in [5.74, 6) is -0.375. The summed E-state index contributed by atoms with van der Waals surface area (Å²) in [6, 6.07) is 13.0. The van der Waals surface area contributed by atoms with Gasteiger partial charge in [-0.05, 0) is 30.3 Å². The maximum atomic E-state index is 12.0. The molecule has 6 nitrogen and oxygen atoms in total. The van der Waals surface area contributed by atoms with Gasteiger partial charge in [-0.25, -0.2) is 5.43 Å². The van der Waals surface area contributed by atoms with Crippen LogP contribution in [0.5, 0.6) is 5.75 Å². The van der Waals surface area contributed by atoms with Crippen LogP contribution in [0.3, 0.4) is 0 Å². The first-order valence-corrected chi connectivity index (χ1v) is 7.00. The molecule has 0 heterocycles. The molecule has 0 fully saturated rings.